The zero-order valence-electron chi connectivity index (χ0n) is 19.9. The third kappa shape index (κ3) is 6.33. The molecular weight excluding hydrogens is 483 g/mol. The van der Waals surface area contributed by atoms with Gasteiger partial charge in [-0.2, -0.15) is 0 Å². The predicted octanol–water partition coefficient (Wildman–Crippen LogP) is 5.45. The number of anilines is 3. The van der Waals surface area contributed by atoms with E-state index in [9.17, 15) is 14.0 Å². The first-order valence-corrected chi connectivity index (χ1v) is 12.1. The predicted molar refractivity (Wildman–Crippen MR) is 141 cm³/mol. The average Bonchev–Trinajstić information content (AvgIpc) is 2.88. The molecule has 3 amide bonds. The summed E-state index contributed by atoms with van der Waals surface area (Å²) < 4.78 is 18.5. The number of rotatable bonds is 8. The van der Waals surface area contributed by atoms with Crippen LogP contribution in [0.2, 0.25) is 5.02 Å². The number of carbonyl (C=O) groups excluding carboxylic acids is 2. The van der Waals surface area contributed by atoms with E-state index in [0.717, 1.165) is 18.7 Å². The maximum absolute atomic E-state index is 13.4. The van der Waals surface area contributed by atoms with Crippen molar-refractivity contribution < 1.29 is 18.7 Å². The number of benzene rings is 3. The Morgan fingerprint density at radius 2 is 1.75 bits per heavy atom. The number of nitrogens with zero attached hydrogens (tertiary/aromatic N) is 1. The van der Waals surface area contributed by atoms with E-state index in [0.29, 0.717) is 43.1 Å². The molecular formula is C27H28ClFN4O3. The summed E-state index contributed by atoms with van der Waals surface area (Å²) in [5, 5.41) is 8.21. The highest BCUT2D eigenvalue weighted by Gasteiger charge is 2.22. The molecule has 3 aromatic carbocycles. The lowest BCUT2D eigenvalue weighted by Crippen LogP contribution is -2.33. The molecule has 4 rings (SSSR count). The second-order valence-corrected chi connectivity index (χ2v) is 8.89. The van der Waals surface area contributed by atoms with Gasteiger partial charge in [0.15, 0.2) is 0 Å². The van der Waals surface area contributed by atoms with Gasteiger partial charge in [0.2, 0.25) is 0 Å². The van der Waals surface area contributed by atoms with Gasteiger partial charge < -0.3 is 25.6 Å². The fraction of sp³-hybridized carbons (Fsp3) is 0.259. The van der Waals surface area contributed by atoms with Gasteiger partial charge in [0.1, 0.15) is 5.82 Å². The molecule has 0 atom stereocenters. The maximum Gasteiger partial charge on any atom is 0.323 e. The Balaban J connectivity index is 1.53. The van der Waals surface area contributed by atoms with Crippen LogP contribution in [0.25, 0.3) is 0 Å². The monoisotopic (exact) mass is 510 g/mol. The van der Waals surface area contributed by atoms with Crippen LogP contribution in [-0.2, 0) is 17.7 Å². The molecule has 7 nitrogen and oxygen atoms in total. The van der Waals surface area contributed by atoms with Crippen molar-refractivity contribution in [3.63, 3.8) is 0 Å². The van der Waals surface area contributed by atoms with Crippen LogP contribution in [0, 0.1) is 5.82 Å². The Morgan fingerprint density at radius 3 is 2.50 bits per heavy atom. The Kier molecular flexibility index (Phi) is 8.40. The minimum absolute atomic E-state index is 0.0901. The third-order valence-corrected chi connectivity index (χ3v) is 6.25. The lowest BCUT2D eigenvalue weighted by Gasteiger charge is -2.32. The zero-order valence-corrected chi connectivity index (χ0v) is 20.7. The molecule has 0 radical (unpaired) electrons. The largest absolute Gasteiger partial charge is 0.385 e. The number of methoxy groups -OCH3 is 1. The van der Waals surface area contributed by atoms with E-state index in [2.05, 4.69) is 33.0 Å². The summed E-state index contributed by atoms with van der Waals surface area (Å²) in [6.45, 7) is 2.49. The summed E-state index contributed by atoms with van der Waals surface area (Å²) in [5.41, 5.74) is 4.60. The smallest absolute Gasteiger partial charge is 0.323 e. The van der Waals surface area contributed by atoms with E-state index in [1.165, 1.54) is 29.3 Å². The highest BCUT2D eigenvalue weighted by Crippen LogP contribution is 2.30. The van der Waals surface area contributed by atoms with Crippen LogP contribution < -0.4 is 20.9 Å². The van der Waals surface area contributed by atoms with Crippen LogP contribution in [0.15, 0.2) is 60.7 Å². The molecule has 0 aliphatic carbocycles. The minimum Gasteiger partial charge on any atom is -0.385 e. The summed E-state index contributed by atoms with van der Waals surface area (Å²) in [5.74, 6) is -0.797. The van der Waals surface area contributed by atoms with E-state index in [4.69, 9.17) is 16.3 Å². The van der Waals surface area contributed by atoms with E-state index < -0.39 is 11.8 Å². The molecule has 0 spiro atoms. The Bertz CT molecular complexity index is 1250. The number of carbonyl (C=O) groups is 2. The Morgan fingerprint density at radius 1 is 1.03 bits per heavy atom. The van der Waals surface area contributed by atoms with E-state index >= 15 is 0 Å². The standard InChI is InChI=1S/C27H28ClFN4O3/c1-36-14-4-12-30-26(34)22-15-20(31-27(35)32-21-7-9-24(29)23(28)16-21)8-10-25(22)33-13-11-18-5-2-3-6-19(18)17-33/h2-3,5-10,15-16H,4,11-14,17H2,1H3,(H,30,34)(H2,31,32,35). The van der Waals surface area contributed by atoms with Gasteiger partial charge in [0, 0.05) is 50.4 Å². The van der Waals surface area contributed by atoms with Crippen molar-refractivity contribution in [1.29, 1.82) is 0 Å². The zero-order chi connectivity index (χ0) is 25.5. The van der Waals surface area contributed by atoms with Crippen molar-refractivity contribution in [1.82, 2.24) is 5.32 Å². The highest BCUT2D eigenvalue weighted by atomic mass is 35.5. The molecule has 3 aromatic rings. The first-order valence-electron chi connectivity index (χ1n) is 11.7. The molecule has 0 saturated heterocycles. The summed E-state index contributed by atoms with van der Waals surface area (Å²) in [4.78, 5) is 27.9. The second kappa shape index (κ2) is 11.9. The molecule has 0 saturated carbocycles. The fourth-order valence-electron chi connectivity index (χ4n) is 4.15. The van der Waals surface area contributed by atoms with Crippen LogP contribution in [0.1, 0.15) is 27.9 Å². The quantitative estimate of drug-likeness (QED) is 0.352. The summed E-state index contributed by atoms with van der Waals surface area (Å²) in [7, 11) is 1.62. The highest BCUT2D eigenvalue weighted by molar-refractivity contribution is 6.31. The van der Waals surface area contributed by atoms with Crippen LogP contribution in [0.4, 0.5) is 26.2 Å². The molecule has 3 N–H and O–H groups in total. The number of amides is 3. The van der Waals surface area contributed by atoms with Crippen molar-refractivity contribution in [3.05, 3.63) is 88.2 Å². The van der Waals surface area contributed by atoms with Gasteiger partial charge in [-0.05, 0) is 60.4 Å². The lowest BCUT2D eigenvalue weighted by atomic mass is 9.98. The Hall–Kier alpha value is -3.62. The van der Waals surface area contributed by atoms with Crippen molar-refractivity contribution in [2.75, 3.05) is 42.3 Å². The molecule has 36 heavy (non-hydrogen) atoms. The summed E-state index contributed by atoms with van der Waals surface area (Å²) in [6, 6.07) is 17.0. The van der Waals surface area contributed by atoms with Gasteiger partial charge in [0.05, 0.1) is 10.6 Å². The maximum atomic E-state index is 13.4. The van der Waals surface area contributed by atoms with Crippen LogP contribution in [0.5, 0.6) is 0 Å². The normalized spacial score (nSPS) is 12.6. The molecule has 0 fully saturated rings. The van der Waals surface area contributed by atoms with Crippen molar-refractivity contribution in [3.8, 4) is 0 Å². The molecule has 1 aliphatic heterocycles. The number of fused-ring (bicyclic) bond motifs is 1. The molecule has 0 unspecified atom stereocenters. The van der Waals surface area contributed by atoms with Gasteiger partial charge in [-0.1, -0.05) is 35.9 Å². The molecule has 188 valence electrons. The van der Waals surface area contributed by atoms with Gasteiger partial charge in [-0.3, -0.25) is 4.79 Å². The number of hydrogen-bond donors (Lipinski definition) is 3. The topological polar surface area (TPSA) is 82.7 Å². The molecule has 1 heterocycles. The van der Waals surface area contributed by atoms with Crippen molar-refractivity contribution in [2.24, 2.45) is 0 Å². The third-order valence-electron chi connectivity index (χ3n) is 5.96. The number of nitrogens with one attached hydrogen (secondary N) is 3. The second-order valence-electron chi connectivity index (χ2n) is 8.48. The van der Waals surface area contributed by atoms with E-state index in [1.807, 2.05) is 18.2 Å². The number of ether oxygens (including phenoxy) is 1. The van der Waals surface area contributed by atoms with Gasteiger partial charge >= 0.3 is 6.03 Å². The van der Waals surface area contributed by atoms with Crippen molar-refractivity contribution in [2.45, 2.75) is 19.4 Å². The minimum atomic E-state index is -0.570. The average molecular weight is 511 g/mol. The fourth-order valence-corrected chi connectivity index (χ4v) is 4.33. The van der Waals surface area contributed by atoms with Crippen molar-refractivity contribution >= 4 is 40.6 Å². The number of halogens is 2. The summed E-state index contributed by atoms with van der Waals surface area (Å²) in [6.07, 6.45) is 1.57. The number of hydrogen-bond acceptors (Lipinski definition) is 4. The first-order chi connectivity index (χ1) is 17.4. The van der Waals surface area contributed by atoms with Gasteiger partial charge in [0.25, 0.3) is 5.91 Å². The van der Waals surface area contributed by atoms with Crippen LogP contribution in [-0.4, -0.2) is 38.7 Å². The van der Waals surface area contributed by atoms with E-state index in [-0.39, 0.29) is 10.9 Å². The van der Waals surface area contributed by atoms with Crippen LogP contribution >= 0.6 is 11.6 Å². The van der Waals surface area contributed by atoms with Gasteiger partial charge in [-0.15, -0.1) is 0 Å². The molecule has 0 bridgehead atoms. The molecule has 1 aliphatic rings. The van der Waals surface area contributed by atoms with Crippen LogP contribution in [0.3, 0.4) is 0 Å². The lowest BCUT2D eigenvalue weighted by molar-refractivity contribution is 0.0949. The summed E-state index contributed by atoms with van der Waals surface area (Å²) >= 11 is 5.79. The van der Waals surface area contributed by atoms with E-state index in [1.54, 1.807) is 19.2 Å². The number of urea groups is 1. The molecule has 0 aromatic heterocycles. The Labute approximate surface area is 214 Å². The first kappa shape index (κ1) is 25.5. The SMILES string of the molecule is COCCCNC(=O)c1cc(NC(=O)Nc2ccc(F)c(Cl)c2)ccc1N1CCc2ccccc2C1. The molecule has 9 heteroatoms. The van der Waals surface area contributed by atoms with Gasteiger partial charge in [-0.25, -0.2) is 9.18 Å².